The number of unbranched alkanes of at least 4 members (excludes halogenated alkanes) is 9. The van der Waals surface area contributed by atoms with Crippen LogP contribution in [0.4, 0.5) is 0 Å². The van der Waals surface area contributed by atoms with Gasteiger partial charge in [-0.25, -0.2) is 0 Å². The molecular formula is C17H37ClNO+. The van der Waals surface area contributed by atoms with Crippen molar-refractivity contribution in [2.45, 2.75) is 77.2 Å². The zero-order valence-corrected chi connectivity index (χ0v) is 14.8. The Kier molecular flexibility index (Phi) is 13.0. The van der Waals surface area contributed by atoms with Crippen molar-refractivity contribution in [3.8, 4) is 0 Å². The average Bonchev–Trinajstić information content (AvgIpc) is 2.40. The number of quaternary nitrogens is 1. The topological polar surface area (TPSA) is 20.2 Å². The van der Waals surface area contributed by atoms with Gasteiger partial charge in [0.25, 0.3) is 0 Å². The predicted octanol–water partition coefficient (Wildman–Crippen LogP) is 4.58. The lowest BCUT2D eigenvalue weighted by Crippen LogP contribution is -2.46. The molecule has 3 heteroatoms. The summed E-state index contributed by atoms with van der Waals surface area (Å²) in [6.07, 6.45) is 13.4. The Morgan fingerprint density at radius 3 is 1.75 bits per heavy atom. The van der Waals surface area contributed by atoms with Crippen LogP contribution < -0.4 is 0 Å². The number of likely N-dealkylation sites (N-methyl/N-ethyl adjacent to an activating group) is 1. The first kappa shape index (κ1) is 20.2. The van der Waals surface area contributed by atoms with E-state index in [4.69, 9.17) is 11.6 Å². The van der Waals surface area contributed by atoms with E-state index in [-0.39, 0.29) is 6.10 Å². The molecular weight excluding hydrogens is 270 g/mol. The lowest BCUT2D eigenvalue weighted by Gasteiger charge is -2.31. The van der Waals surface area contributed by atoms with Crippen molar-refractivity contribution < 1.29 is 9.59 Å². The van der Waals surface area contributed by atoms with Gasteiger partial charge in [-0.05, 0) is 12.8 Å². The summed E-state index contributed by atoms with van der Waals surface area (Å²) in [5, 5.41) is 9.61. The monoisotopic (exact) mass is 306 g/mol. The molecule has 1 unspecified atom stereocenters. The van der Waals surface area contributed by atoms with E-state index in [0.29, 0.717) is 5.88 Å². The molecule has 0 aromatic heterocycles. The second-order valence-corrected chi connectivity index (χ2v) is 7.14. The van der Waals surface area contributed by atoms with Crippen molar-refractivity contribution >= 4 is 11.6 Å². The minimum Gasteiger partial charge on any atom is -0.386 e. The molecule has 1 N–H and O–H groups in total. The third kappa shape index (κ3) is 13.2. The molecule has 0 spiro atoms. The molecule has 20 heavy (non-hydrogen) atoms. The summed E-state index contributed by atoms with van der Waals surface area (Å²) in [7, 11) is 4.37. The van der Waals surface area contributed by atoms with Crippen molar-refractivity contribution in [1.29, 1.82) is 0 Å². The van der Waals surface area contributed by atoms with Gasteiger partial charge in [-0.2, -0.15) is 0 Å². The van der Waals surface area contributed by atoms with Crippen molar-refractivity contribution in [1.82, 2.24) is 0 Å². The fourth-order valence-electron chi connectivity index (χ4n) is 2.74. The fourth-order valence-corrected chi connectivity index (χ4v) is 2.84. The molecule has 122 valence electrons. The second kappa shape index (κ2) is 12.9. The molecule has 0 saturated heterocycles. The number of aliphatic hydroxyl groups is 1. The molecule has 0 amide bonds. The van der Waals surface area contributed by atoms with Crippen LogP contribution >= 0.6 is 11.6 Å². The highest BCUT2D eigenvalue weighted by molar-refractivity contribution is 6.18. The van der Waals surface area contributed by atoms with E-state index < -0.39 is 0 Å². The van der Waals surface area contributed by atoms with Gasteiger partial charge in [-0.15, -0.1) is 11.6 Å². The molecule has 0 fully saturated rings. The maximum atomic E-state index is 9.61. The Morgan fingerprint density at radius 1 is 0.850 bits per heavy atom. The number of aliphatic hydroxyl groups excluding tert-OH is 1. The van der Waals surface area contributed by atoms with E-state index in [1.807, 2.05) is 0 Å². The van der Waals surface area contributed by atoms with Crippen LogP contribution in [0, 0.1) is 0 Å². The fraction of sp³-hybridized carbons (Fsp3) is 1.00. The number of hydrogen-bond donors (Lipinski definition) is 1. The second-order valence-electron chi connectivity index (χ2n) is 6.83. The van der Waals surface area contributed by atoms with E-state index in [0.717, 1.165) is 17.6 Å². The minimum atomic E-state index is -0.366. The van der Waals surface area contributed by atoms with E-state index in [2.05, 4.69) is 21.0 Å². The molecule has 0 bridgehead atoms. The van der Waals surface area contributed by atoms with Gasteiger partial charge in [0.1, 0.15) is 12.6 Å². The number of alkyl halides is 1. The normalized spacial score (nSPS) is 13.7. The summed E-state index contributed by atoms with van der Waals surface area (Å²) < 4.78 is 0.880. The first-order valence-corrected chi connectivity index (χ1v) is 9.11. The molecule has 0 saturated carbocycles. The van der Waals surface area contributed by atoms with Crippen LogP contribution in [0.15, 0.2) is 0 Å². The highest BCUT2D eigenvalue weighted by Gasteiger charge is 2.19. The molecule has 0 aromatic carbocycles. The van der Waals surface area contributed by atoms with Crippen LogP contribution in [0.1, 0.15) is 71.1 Å². The van der Waals surface area contributed by atoms with Gasteiger partial charge in [0.15, 0.2) is 0 Å². The first-order valence-electron chi connectivity index (χ1n) is 8.58. The van der Waals surface area contributed by atoms with Crippen molar-refractivity contribution in [3.05, 3.63) is 0 Å². The van der Waals surface area contributed by atoms with Crippen molar-refractivity contribution in [2.75, 3.05) is 33.1 Å². The van der Waals surface area contributed by atoms with Crippen LogP contribution in [-0.2, 0) is 0 Å². The Bertz CT molecular complexity index is 209. The van der Waals surface area contributed by atoms with Crippen LogP contribution in [0.5, 0.6) is 0 Å². The summed E-state index contributed by atoms with van der Waals surface area (Å²) >= 11 is 5.66. The Morgan fingerprint density at radius 2 is 1.30 bits per heavy atom. The van der Waals surface area contributed by atoms with Crippen LogP contribution in [-0.4, -0.2) is 48.8 Å². The summed E-state index contributed by atoms with van der Waals surface area (Å²) in [4.78, 5) is 0. The van der Waals surface area contributed by atoms with E-state index in [1.165, 1.54) is 64.2 Å². The maximum absolute atomic E-state index is 9.61. The third-order valence-electron chi connectivity index (χ3n) is 4.00. The quantitative estimate of drug-likeness (QED) is 0.283. The third-order valence-corrected chi connectivity index (χ3v) is 4.36. The van der Waals surface area contributed by atoms with Gasteiger partial charge in [0.05, 0.1) is 26.5 Å². The van der Waals surface area contributed by atoms with Crippen molar-refractivity contribution in [2.24, 2.45) is 0 Å². The van der Waals surface area contributed by atoms with Crippen LogP contribution in [0.3, 0.4) is 0 Å². The van der Waals surface area contributed by atoms with Gasteiger partial charge < -0.3 is 9.59 Å². The predicted molar refractivity (Wildman–Crippen MR) is 90.4 cm³/mol. The molecule has 0 heterocycles. The largest absolute Gasteiger partial charge is 0.386 e. The van der Waals surface area contributed by atoms with Gasteiger partial charge in [-0.1, -0.05) is 58.3 Å². The molecule has 0 aliphatic carbocycles. The summed E-state index contributed by atoms with van der Waals surface area (Å²) in [5.41, 5.74) is 0. The lowest BCUT2D eigenvalue weighted by atomic mass is 10.1. The number of nitrogens with zero attached hydrogens (tertiary/aromatic N) is 1. The Labute approximate surface area is 132 Å². The number of halogens is 1. The van der Waals surface area contributed by atoms with Crippen LogP contribution in [0.2, 0.25) is 0 Å². The number of hydrogen-bond acceptors (Lipinski definition) is 1. The SMILES string of the molecule is CCCCCCCCCCCC[N+](C)(C)CC(O)CCl. The van der Waals surface area contributed by atoms with Gasteiger partial charge in [-0.3, -0.25) is 0 Å². The smallest absolute Gasteiger partial charge is 0.116 e. The highest BCUT2D eigenvalue weighted by Crippen LogP contribution is 2.12. The van der Waals surface area contributed by atoms with Gasteiger partial charge in [0.2, 0.25) is 0 Å². The van der Waals surface area contributed by atoms with E-state index in [1.54, 1.807) is 0 Å². The molecule has 0 aromatic rings. The van der Waals surface area contributed by atoms with Crippen LogP contribution in [0.25, 0.3) is 0 Å². The maximum Gasteiger partial charge on any atom is 0.116 e. The highest BCUT2D eigenvalue weighted by atomic mass is 35.5. The van der Waals surface area contributed by atoms with Crippen molar-refractivity contribution in [3.63, 3.8) is 0 Å². The summed E-state index contributed by atoms with van der Waals surface area (Å²) in [6, 6.07) is 0. The van der Waals surface area contributed by atoms with E-state index in [9.17, 15) is 5.11 Å². The number of rotatable bonds is 14. The van der Waals surface area contributed by atoms with E-state index >= 15 is 0 Å². The van der Waals surface area contributed by atoms with Gasteiger partial charge >= 0.3 is 0 Å². The molecule has 0 aliphatic heterocycles. The van der Waals surface area contributed by atoms with Gasteiger partial charge in [0, 0.05) is 0 Å². The Hall–Kier alpha value is 0.210. The summed E-state index contributed by atoms with van der Waals surface area (Å²) in [5.74, 6) is 0.347. The zero-order chi connectivity index (χ0) is 15.3. The minimum absolute atomic E-state index is 0.347. The molecule has 0 rings (SSSR count). The zero-order valence-electron chi connectivity index (χ0n) is 14.0. The average molecular weight is 307 g/mol. The molecule has 0 radical (unpaired) electrons. The molecule has 0 aliphatic rings. The lowest BCUT2D eigenvalue weighted by molar-refractivity contribution is -0.893. The standard InChI is InChI=1S/C17H37ClNO/c1-4-5-6-7-8-9-10-11-12-13-14-19(2,3)16-17(20)15-18/h17,20H,4-16H2,1-3H3/q+1. The summed E-state index contributed by atoms with van der Waals surface area (Å²) in [6.45, 7) is 4.18. The molecule has 2 nitrogen and oxygen atoms in total. The first-order chi connectivity index (χ1) is 9.52. The Balaban J connectivity index is 3.34. The molecule has 1 atom stereocenters.